The van der Waals surface area contributed by atoms with Crippen molar-refractivity contribution in [3.05, 3.63) is 70.1 Å². The molecule has 1 heterocycles. The lowest BCUT2D eigenvalue weighted by atomic mass is 10.0. The number of hydrogen-bond donors (Lipinski definition) is 0. The minimum Gasteiger partial charge on any atom is -0.268 e. The first kappa shape index (κ1) is 17.4. The number of thioether (sulfide) groups is 1. The molecule has 0 saturated carbocycles. The van der Waals surface area contributed by atoms with E-state index in [0.29, 0.717) is 21.8 Å². The monoisotopic (exact) mass is 359 g/mol. The highest BCUT2D eigenvalue weighted by atomic mass is 32.2. The van der Waals surface area contributed by atoms with Crippen LogP contribution in [0.4, 0.5) is 14.5 Å². The Labute approximate surface area is 148 Å². The molecule has 0 radical (unpaired) electrons. The molecule has 3 nitrogen and oxygen atoms in total. The SMILES string of the molecule is CCSC1=C(c2ccc(C)cc2)C(=O)N(c2ccc(F)c(F)c2)C1=O. The van der Waals surface area contributed by atoms with E-state index >= 15 is 0 Å². The predicted octanol–water partition coefficient (Wildman–Crippen LogP) is 4.31. The summed E-state index contributed by atoms with van der Waals surface area (Å²) in [6.07, 6.45) is 0. The van der Waals surface area contributed by atoms with Crippen molar-refractivity contribution in [1.82, 2.24) is 0 Å². The molecular weight excluding hydrogens is 344 g/mol. The van der Waals surface area contributed by atoms with Gasteiger partial charge in [0.2, 0.25) is 0 Å². The number of imide groups is 1. The number of amides is 2. The van der Waals surface area contributed by atoms with Gasteiger partial charge in [-0.05, 0) is 30.4 Å². The molecule has 0 atom stereocenters. The van der Waals surface area contributed by atoms with Gasteiger partial charge in [-0.1, -0.05) is 36.8 Å². The van der Waals surface area contributed by atoms with Gasteiger partial charge in [-0.3, -0.25) is 9.59 Å². The average molecular weight is 359 g/mol. The number of nitrogens with zero attached hydrogens (tertiary/aromatic N) is 1. The number of halogens is 2. The van der Waals surface area contributed by atoms with Crippen LogP contribution in [-0.2, 0) is 9.59 Å². The third-order valence-corrected chi connectivity index (χ3v) is 4.79. The summed E-state index contributed by atoms with van der Waals surface area (Å²) in [4.78, 5) is 26.9. The second-order valence-corrected chi connectivity index (χ2v) is 6.82. The van der Waals surface area contributed by atoms with Crippen molar-refractivity contribution in [2.24, 2.45) is 0 Å². The molecular formula is C19H15F2NO2S. The highest BCUT2D eigenvalue weighted by Gasteiger charge is 2.40. The minimum atomic E-state index is -1.11. The molecule has 0 saturated heterocycles. The Hall–Kier alpha value is -2.47. The third kappa shape index (κ3) is 3.09. The lowest BCUT2D eigenvalue weighted by Gasteiger charge is -2.15. The molecule has 2 aromatic rings. The molecule has 1 aliphatic heterocycles. The van der Waals surface area contributed by atoms with Crippen LogP contribution in [0.1, 0.15) is 18.1 Å². The molecule has 3 rings (SSSR count). The van der Waals surface area contributed by atoms with Crippen LogP contribution in [0.2, 0.25) is 0 Å². The largest absolute Gasteiger partial charge is 0.272 e. The maximum Gasteiger partial charge on any atom is 0.272 e. The molecule has 0 unspecified atom stereocenters. The summed E-state index contributed by atoms with van der Waals surface area (Å²) in [6, 6.07) is 10.3. The summed E-state index contributed by atoms with van der Waals surface area (Å²) in [7, 11) is 0. The Morgan fingerprint density at radius 2 is 1.64 bits per heavy atom. The highest BCUT2D eigenvalue weighted by Crippen LogP contribution is 2.38. The Morgan fingerprint density at radius 3 is 2.24 bits per heavy atom. The van der Waals surface area contributed by atoms with Crippen LogP contribution in [0.25, 0.3) is 5.57 Å². The van der Waals surface area contributed by atoms with Crippen LogP contribution in [0.15, 0.2) is 47.4 Å². The molecule has 0 bridgehead atoms. The van der Waals surface area contributed by atoms with E-state index in [1.165, 1.54) is 17.8 Å². The Balaban J connectivity index is 2.09. The Morgan fingerprint density at radius 1 is 0.960 bits per heavy atom. The molecule has 0 spiro atoms. The summed E-state index contributed by atoms with van der Waals surface area (Å²) in [5.41, 5.74) is 1.97. The van der Waals surface area contributed by atoms with E-state index < -0.39 is 23.4 Å². The molecule has 0 fully saturated rings. The topological polar surface area (TPSA) is 37.4 Å². The maximum atomic E-state index is 13.6. The highest BCUT2D eigenvalue weighted by molar-refractivity contribution is 8.04. The standard InChI is InChI=1S/C19H15F2NO2S/c1-3-25-17-16(12-6-4-11(2)5-7-12)18(23)22(19(17)24)13-8-9-14(20)15(21)10-13/h4-10H,3H2,1-2H3. The van der Waals surface area contributed by atoms with Crippen LogP contribution < -0.4 is 4.90 Å². The van der Waals surface area contributed by atoms with Crippen molar-refractivity contribution in [2.75, 3.05) is 10.7 Å². The molecule has 6 heteroatoms. The second-order valence-electron chi connectivity index (χ2n) is 5.55. The normalized spacial score (nSPS) is 14.6. The maximum absolute atomic E-state index is 13.6. The third-order valence-electron chi connectivity index (χ3n) is 3.83. The van der Waals surface area contributed by atoms with E-state index in [-0.39, 0.29) is 5.69 Å². The van der Waals surface area contributed by atoms with E-state index in [0.717, 1.165) is 22.6 Å². The zero-order valence-electron chi connectivity index (χ0n) is 13.7. The minimum absolute atomic E-state index is 0.0187. The fourth-order valence-electron chi connectivity index (χ4n) is 2.62. The van der Waals surface area contributed by atoms with Gasteiger partial charge in [-0.2, -0.15) is 0 Å². The van der Waals surface area contributed by atoms with Gasteiger partial charge in [0, 0.05) is 6.07 Å². The van der Waals surface area contributed by atoms with E-state index in [1.54, 1.807) is 12.1 Å². The fraction of sp³-hybridized carbons (Fsp3) is 0.158. The number of hydrogen-bond acceptors (Lipinski definition) is 3. The van der Waals surface area contributed by atoms with Gasteiger partial charge in [-0.25, -0.2) is 13.7 Å². The van der Waals surface area contributed by atoms with Crippen LogP contribution >= 0.6 is 11.8 Å². The quantitative estimate of drug-likeness (QED) is 0.764. The second kappa shape index (κ2) is 6.80. The van der Waals surface area contributed by atoms with E-state index in [2.05, 4.69) is 0 Å². The first-order valence-corrected chi connectivity index (χ1v) is 8.70. The first-order chi connectivity index (χ1) is 11.9. The summed E-state index contributed by atoms with van der Waals surface area (Å²) in [5, 5.41) is 0. The molecule has 0 aromatic heterocycles. The van der Waals surface area contributed by atoms with Gasteiger partial charge in [0.15, 0.2) is 11.6 Å². The van der Waals surface area contributed by atoms with Crippen LogP contribution in [0.5, 0.6) is 0 Å². The summed E-state index contributed by atoms with van der Waals surface area (Å²) >= 11 is 1.26. The van der Waals surface area contributed by atoms with Crippen molar-refractivity contribution in [3.8, 4) is 0 Å². The van der Waals surface area contributed by atoms with Gasteiger partial charge >= 0.3 is 0 Å². The molecule has 1 aliphatic rings. The van der Waals surface area contributed by atoms with Crippen LogP contribution in [-0.4, -0.2) is 17.6 Å². The summed E-state index contributed by atoms with van der Waals surface area (Å²) < 4.78 is 26.7. The number of rotatable bonds is 4. The van der Waals surface area contributed by atoms with Gasteiger partial charge in [-0.15, -0.1) is 11.8 Å². The van der Waals surface area contributed by atoms with E-state index in [4.69, 9.17) is 0 Å². The van der Waals surface area contributed by atoms with Crippen molar-refractivity contribution in [1.29, 1.82) is 0 Å². The van der Waals surface area contributed by atoms with Gasteiger partial charge < -0.3 is 0 Å². The number of benzene rings is 2. The number of anilines is 1. The molecule has 0 N–H and O–H groups in total. The lowest BCUT2D eigenvalue weighted by Crippen LogP contribution is -2.31. The summed E-state index contributed by atoms with van der Waals surface area (Å²) in [5.74, 6) is -2.58. The van der Waals surface area contributed by atoms with Crippen molar-refractivity contribution in [2.45, 2.75) is 13.8 Å². The van der Waals surface area contributed by atoms with Gasteiger partial charge in [0.05, 0.1) is 16.2 Å². The lowest BCUT2D eigenvalue weighted by molar-refractivity contribution is -0.119. The smallest absolute Gasteiger partial charge is 0.268 e. The molecule has 2 aromatic carbocycles. The van der Waals surface area contributed by atoms with Crippen molar-refractivity contribution < 1.29 is 18.4 Å². The number of carbonyl (C=O) groups is 2. The molecule has 128 valence electrons. The number of aryl methyl sites for hydroxylation is 1. The zero-order valence-corrected chi connectivity index (χ0v) is 14.5. The summed E-state index contributed by atoms with van der Waals surface area (Å²) in [6.45, 7) is 3.80. The molecule has 2 amide bonds. The Bertz CT molecular complexity index is 891. The van der Waals surface area contributed by atoms with E-state index in [9.17, 15) is 18.4 Å². The Kier molecular flexibility index (Phi) is 4.72. The van der Waals surface area contributed by atoms with Gasteiger partial charge in [0.1, 0.15) is 0 Å². The molecule has 25 heavy (non-hydrogen) atoms. The van der Waals surface area contributed by atoms with E-state index in [1.807, 2.05) is 26.0 Å². The van der Waals surface area contributed by atoms with Crippen LogP contribution in [0.3, 0.4) is 0 Å². The van der Waals surface area contributed by atoms with Crippen molar-refractivity contribution >= 4 is 34.8 Å². The van der Waals surface area contributed by atoms with Crippen molar-refractivity contribution in [3.63, 3.8) is 0 Å². The van der Waals surface area contributed by atoms with Crippen LogP contribution in [0, 0.1) is 18.6 Å². The molecule has 0 aliphatic carbocycles. The zero-order chi connectivity index (χ0) is 18.1. The average Bonchev–Trinajstić information content (AvgIpc) is 2.82. The first-order valence-electron chi connectivity index (χ1n) is 7.72. The van der Waals surface area contributed by atoms with Gasteiger partial charge in [0.25, 0.3) is 11.8 Å². The number of carbonyl (C=O) groups excluding carboxylic acids is 2. The predicted molar refractivity (Wildman–Crippen MR) is 95.1 cm³/mol. The fourth-order valence-corrected chi connectivity index (χ4v) is 3.47.